The molecule has 0 fully saturated rings. The van der Waals surface area contributed by atoms with Crippen LogP contribution in [0.4, 0.5) is 0 Å². The third-order valence-corrected chi connectivity index (χ3v) is 7.72. The molecule has 0 atom stereocenters. The van der Waals surface area contributed by atoms with Crippen molar-refractivity contribution in [2.75, 3.05) is 0 Å². The second-order valence-corrected chi connectivity index (χ2v) is 11.7. The molecule has 0 aliphatic heterocycles. The molecule has 0 radical (unpaired) electrons. The van der Waals surface area contributed by atoms with Gasteiger partial charge in [0, 0.05) is 0 Å². The maximum atomic E-state index is 6.49. The van der Waals surface area contributed by atoms with E-state index in [0.29, 0.717) is 27.5 Å². The van der Waals surface area contributed by atoms with Gasteiger partial charge in [-0.15, -0.1) is 0 Å². The molecule has 0 bridgehead atoms. The Morgan fingerprint density at radius 2 is 1.96 bits per heavy atom. The van der Waals surface area contributed by atoms with Gasteiger partial charge in [-0.1, -0.05) is 0 Å². The molecule has 0 amide bonds. The van der Waals surface area contributed by atoms with Crippen molar-refractivity contribution in [1.82, 2.24) is 19.9 Å². The summed E-state index contributed by atoms with van der Waals surface area (Å²) in [5, 5.41) is 9.98. The summed E-state index contributed by atoms with van der Waals surface area (Å²) in [4.78, 5) is 4.52. The Morgan fingerprint density at radius 3 is 2.57 bits per heavy atom. The first-order valence-corrected chi connectivity index (χ1v) is 11.8. The third kappa shape index (κ3) is 3.62. The molecular formula is C19H15BrCl2N4OSe. The SMILES string of the molecule is Cc1c(-c2nc(C(C)C)no2)nn(-c2ccc(Cl)cc2Cl)c1-c1ccc(Br)[se]1. The third-order valence-electron chi connectivity index (χ3n) is 4.23. The van der Waals surface area contributed by atoms with E-state index in [1.807, 2.05) is 31.5 Å². The number of hydrogen-bond donors (Lipinski definition) is 0. The van der Waals surface area contributed by atoms with Gasteiger partial charge in [0.25, 0.3) is 0 Å². The van der Waals surface area contributed by atoms with Gasteiger partial charge in [0.15, 0.2) is 0 Å². The Hall–Kier alpha value is -1.37. The fourth-order valence-corrected chi connectivity index (χ4v) is 6.07. The van der Waals surface area contributed by atoms with Gasteiger partial charge in [-0.2, -0.15) is 0 Å². The van der Waals surface area contributed by atoms with E-state index in [1.54, 1.807) is 12.1 Å². The Bertz CT molecular complexity index is 1160. The number of nitrogens with zero attached hydrogens (tertiary/aromatic N) is 4. The number of hydrogen-bond acceptors (Lipinski definition) is 4. The van der Waals surface area contributed by atoms with Crippen LogP contribution in [0.5, 0.6) is 0 Å². The minimum absolute atomic E-state index is 0.149. The summed E-state index contributed by atoms with van der Waals surface area (Å²) < 4.78 is 9.70. The van der Waals surface area contributed by atoms with Crippen LogP contribution in [0.3, 0.4) is 0 Å². The topological polar surface area (TPSA) is 56.7 Å². The van der Waals surface area contributed by atoms with Gasteiger partial charge in [0.05, 0.1) is 0 Å². The quantitative estimate of drug-likeness (QED) is 0.289. The van der Waals surface area contributed by atoms with Gasteiger partial charge >= 0.3 is 187 Å². The second-order valence-electron chi connectivity index (χ2n) is 6.55. The predicted molar refractivity (Wildman–Crippen MR) is 116 cm³/mol. The first kappa shape index (κ1) is 19.9. The summed E-state index contributed by atoms with van der Waals surface area (Å²) in [6, 6.07) is 9.55. The monoisotopic (exact) mass is 544 g/mol. The molecule has 28 heavy (non-hydrogen) atoms. The molecule has 0 N–H and O–H groups in total. The molecular weight excluding hydrogens is 530 g/mol. The predicted octanol–water partition coefficient (Wildman–Crippen LogP) is 6.15. The zero-order valence-corrected chi connectivity index (χ0v) is 20.0. The zero-order chi connectivity index (χ0) is 20.0. The van der Waals surface area contributed by atoms with Crippen molar-refractivity contribution in [2.45, 2.75) is 26.7 Å². The molecule has 0 saturated heterocycles. The van der Waals surface area contributed by atoms with Gasteiger partial charge in [-0.05, 0) is 0 Å². The van der Waals surface area contributed by atoms with E-state index < -0.39 is 0 Å². The average molecular weight is 545 g/mol. The van der Waals surface area contributed by atoms with Crippen molar-refractivity contribution in [3.05, 3.63) is 55.1 Å². The molecule has 4 rings (SSSR count). The molecule has 0 saturated carbocycles. The number of rotatable bonds is 4. The fourth-order valence-electron chi connectivity index (χ4n) is 2.82. The molecule has 0 aliphatic carbocycles. The van der Waals surface area contributed by atoms with Gasteiger partial charge in [-0.25, -0.2) is 0 Å². The number of aromatic nitrogens is 4. The Kier molecular flexibility index (Phi) is 5.55. The van der Waals surface area contributed by atoms with Crippen molar-refractivity contribution >= 4 is 53.6 Å². The van der Waals surface area contributed by atoms with Crippen LogP contribution in [0.15, 0.2) is 38.2 Å². The molecule has 144 valence electrons. The van der Waals surface area contributed by atoms with Crippen LogP contribution >= 0.6 is 39.1 Å². The van der Waals surface area contributed by atoms with Crippen molar-refractivity contribution in [3.63, 3.8) is 0 Å². The molecule has 0 spiro atoms. The maximum absolute atomic E-state index is 6.49. The van der Waals surface area contributed by atoms with Crippen LogP contribution in [-0.4, -0.2) is 34.4 Å². The summed E-state index contributed by atoms with van der Waals surface area (Å²) in [6.07, 6.45) is 0. The van der Waals surface area contributed by atoms with Crippen LogP contribution < -0.4 is 0 Å². The average Bonchev–Trinajstić information content (AvgIpc) is 3.33. The molecule has 5 nitrogen and oxygen atoms in total. The molecule has 0 unspecified atom stereocenters. The Balaban J connectivity index is 1.96. The van der Waals surface area contributed by atoms with Crippen LogP contribution in [-0.2, 0) is 0 Å². The molecule has 1 aromatic carbocycles. The van der Waals surface area contributed by atoms with E-state index in [4.69, 9.17) is 32.8 Å². The van der Waals surface area contributed by atoms with Crippen molar-refractivity contribution in [1.29, 1.82) is 0 Å². The Morgan fingerprint density at radius 1 is 1.18 bits per heavy atom. The molecule has 0 aliphatic rings. The fraction of sp³-hybridized carbons (Fsp3) is 0.211. The van der Waals surface area contributed by atoms with E-state index in [9.17, 15) is 0 Å². The van der Waals surface area contributed by atoms with Crippen molar-refractivity contribution in [3.8, 4) is 27.4 Å². The summed E-state index contributed by atoms with van der Waals surface area (Å²) >= 11 is 16.3. The molecule has 3 heterocycles. The van der Waals surface area contributed by atoms with E-state index in [0.717, 1.165) is 16.9 Å². The van der Waals surface area contributed by atoms with E-state index >= 15 is 0 Å². The van der Waals surface area contributed by atoms with Gasteiger partial charge < -0.3 is 0 Å². The standard InChI is InChI=1S/C19H15BrCl2N4OSe/c1-9(2)18-23-19(27-25-18)16-10(3)17(14-6-7-15(20)28-14)26(24-16)13-5-4-11(21)8-12(13)22/h4-9H,1-3H3. The number of halogens is 3. The van der Waals surface area contributed by atoms with Crippen LogP contribution in [0.25, 0.3) is 27.4 Å². The van der Waals surface area contributed by atoms with Crippen LogP contribution in [0.1, 0.15) is 31.2 Å². The van der Waals surface area contributed by atoms with Gasteiger partial charge in [0.1, 0.15) is 0 Å². The number of benzene rings is 1. The normalized spacial score (nSPS) is 11.5. The van der Waals surface area contributed by atoms with Crippen LogP contribution in [0.2, 0.25) is 10.0 Å². The first-order chi connectivity index (χ1) is 13.3. The summed E-state index contributed by atoms with van der Waals surface area (Å²) in [6.45, 7) is 6.06. The Labute approximate surface area is 186 Å². The zero-order valence-electron chi connectivity index (χ0n) is 15.2. The van der Waals surface area contributed by atoms with Crippen molar-refractivity contribution < 1.29 is 4.52 Å². The minimum atomic E-state index is 0.149. The second kappa shape index (κ2) is 7.81. The van der Waals surface area contributed by atoms with E-state index in [2.05, 4.69) is 38.2 Å². The molecule has 9 heteroatoms. The van der Waals surface area contributed by atoms with E-state index in [-0.39, 0.29) is 20.4 Å². The van der Waals surface area contributed by atoms with Crippen molar-refractivity contribution in [2.24, 2.45) is 0 Å². The summed E-state index contributed by atoms with van der Waals surface area (Å²) in [5.74, 6) is 1.24. The summed E-state index contributed by atoms with van der Waals surface area (Å²) in [7, 11) is 0. The van der Waals surface area contributed by atoms with Gasteiger partial charge in [0.2, 0.25) is 0 Å². The molecule has 3 aromatic heterocycles. The van der Waals surface area contributed by atoms with Gasteiger partial charge in [-0.3, -0.25) is 0 Å². The van der Waals surface area contributed by atoms with Crippen LogP contribution in [0, 0.1) is 6.92 Å². The first-order valence-electron chi connectivity index (χ1n) is 8.50. The molecule has 4 aromatic rings. The summed E-state index contributed by atoms with van der Waals surface area (Å²) in [5.41, 5.74) is 3.35. The van der Waals surface area contributed by atoms with E-state index in [1.165, 1.54) is 7.78 Å².